The van der Waals surface area contributed by atoms with Gasteiger partial charge in [0.25, 0.3) is 0 Å². The van der Waals surface area contributed by atoms with Gasteiger partial charge in [-0.1, -0.05) is 12.2 Å². The van der Waals surface area contributed by atoms with Crippen molar-refractivity contribution in [1.29, 1.82) is 5.26 Å². The van der Waals surface area contributed by atoms with Gasteiger partial charge >= 0.3 is 0 Å². The fraction of sp³-hybridized carbons (Fsp3) is 0.200. The van der Waals surface area contributed by atoms with Crippen LogP contribution in [0, 0.1) is 11.3 Å². The highest BCUT2D eigenvalue weighted by atomic mass is 16.5. The molecule has 0 N–H and O–H groups in total. The monoisotopic (exact) mass is 331 g/mol. The third-order valence-electron chi connectivity index (χ3n) is 4.33. The number of imidazole rings is 1. The van der Waals surface area contributed by atoms with Gasteiger partial charge in [-0.05, 0) is 42.4 Å². The van der Waals surface area contributed by atoms with Crippen LogP contribution in [0.25, 0.3) is 5.70 Å². The first-order valence-electron chi connectivity index (χ1n) is 8.18. The van der Waals surface area contributed by atoms with E-state index < -0.39 is 0 Å². The Bertz CT molecular complexity index is 890. The first kappa shape index (κ1) is 15.3. The molecule has 0 radical (unpaired) electrons. The van der Waals surface area contributed by atoms with E-state index in [4.69, 9.17) is 9.47 Å². The van der Waals surface area contributed by atoms with Crippen LogP contribution >= 0.6 is 0 Å². The second kappa shape index (κ2) is 6.70. The molecule has 1 aromatic rings. The molecule has 2 unspecified atom stereocenters. The van der Waals surface area contributed by atoms with Gasteiger partial charge in [0.15, 0.2) is 0 Å². The van der Waals surface area contributed by atoms with Crippen LogP contribution < -0.4 is 0 Å². The molecule has 1 aromatic heterocycles. The van der Waals surface area contributed by atoms with Crippen LogP contribution in [-0.2, 0) is 9.47 Å². The van der Waals surface area contributed by atoms with Crippen LogP contribution in [0.3, 0.4) is 0 Å². The molecule has 0 saturated carbocycles. The fourth-order valence-corrected chi connectivity index (χ4v) is 3.06. The van der Waals surface area contributed by atoms with Gasteiger partial charge in [-0.15, -0.1) is 0 Å². The summed E-state index contributed by atoms with van der Waals surface area (Å²) in [7, 11) is 0. The second-order valence-electron chi connectivity index (χ2n) is 6.00. The van der Waals surface area contributed by atoms with Gasteiger partial charge < -0.3 is 14.0 Å². The van der Waals surface area contributed by atoms with Crippen molar-refractivity contribution in [2.45, 2.75) is 25.0 Å². The maximum Gasteiger partial charge on any atom is 0.145 e. The van der Waals surface area contributed by atoms with Crippen molar-refractivity contribution in [2.75, 3.05) is 0 Å². The molecule has 124 valence electrons. The molecule has 4 rings (SSSR count). The maximum absolute atomic E-state index is 9.27. The fourth-order valence-electron chi connectivity index (χ4n) is 3.06. The minimum atomic E-state index is -0.175. The number of fused-ring (bicyclic) bond motifs is 6. The van der Waals surface area contributed by atoms with E-state index in [2.05, 4.69) is 17.1 Å². The zero-order chi connectivity index (χ0) is 17.1. The molecule has 0 saturated heterocycles. The lowest BCUT2D eigenvalue weighted by atomic mass is 10.0. The molecule has 2 atom stereocenters. The lowest BCUT2D eigenvalue weighted by molar-refractivity contribution is 0.154. The van der Waals surface area contributed by atoms with Gasteiger partial charge in [0, 0.05) is 12.1 Å². The molecular formula is C20H17N3O2. The number of rotatable bonds is 0. The molecular weight excluding hydrogens is 314 g/mol. The molecule has 1 aliphatic carbocycles. The zero-order valence-electron chi connectivity index (χ0n) is 13.6. The van der Waals surface area contributed by atoms with Crippen molar-refractivity contribution in [3.8, 4) is 6.07 Å². The lowest BCUT2D eigenvalue weighted by Crippen LogP contribution is -2.06. The number of allylic oxidation sites excluding steroid dienone is 7. The summed E-state index contributed by atoms with van der Waals surface area (Å²) in [5.74, 6) is 0. The lowest BCUT2D eigenvalue weighted by Gasteiger charge is -2.14. The molecule has 2 aliphatic heterocycles. The van der Waals surface area contributed by atoms with Crippen LogP contribution in [0.5, 0.6) is 0 Å². The summed E-state index contributed by atoms with van der Waals surface area (Å²) < 4.78 is 13.7. The average molecular weight is 331 g/mol. The van der Waals surface area contributed by atoms with Crippen molar-refractivity contribution in [2.24, 2.45) is 0 Å². The van der Waals surface area contributed by atoms with Gasteiger partial charge in [-0.25, -0.2) is 4.98 Å². The normalized spacial score (nSPS) is 31.2. The predicted octanol–water partition coefficient (Wildman–Crippen LogP) is 3.95. The predicted molar refractivity (Wildman–Crippen MR) is 93.6 cm³/mol. The molecule has 3 heterocycles. The van der Waals surface area contributed by atoms with Gasteiger partial charge in [-0.3, -0.25) is 0 Å². The summed E-state index contributed by atoms with van der Waals surface area (Å²) >= 11 is 0. The second-order valence-corrected chi connectivity index (χ2v) is 6.00. The first-order chi connectivity index (χ1) is 12.3. The Morgan fingerprint density at radius 3 is 3.16 bits per heavy atom. The van der Waals surface area contributed by atoms with Gasteiger partial charge in [0.1, 0.15) is 24.5 Å². The van der Waals surface area contributed by atoms with E-state index in [1.54, 1.807) is 18.7 Å². The van der Waals surface area contributed by atoms with Crippen molar-refractivity contribution < 1.29 is 9.47 Å². The van der Waals surface area contributed by atoms with Gasteiger partial charge in [0.05, 0.1) is 30.1 Å². The van der Waals surface area contributed by atoms with E-state index in [0.29, 0.717) is 5.57 Å². The SMILES string of the molecule is N#CC1=C\OC2C=CCC(=C2)/C=C\OC2C/C(=C/C=C/1)n1cncc12. The Balaban J connectivity index is 1.70. The highest BCUT2D eigenvalue weighted by molar-refractivity contribution is 5.55. The van der Waals surface area contributed by atoms with Crippen LogP contribution in [0.1, 0.15) is 24.6 Å². The molecule has 5 heteroatoms. The minimum Gasteiger partial charge on any atom is -0.491 e. The number of nitrogens with zero attached hydrogens (tertiary/aromatic N) is 3. The Labute approximate surface area is 146 Å². The largest absolute Gasteiger partial charge is 0.491 e. The third kappa shape index (κ3) is 3.20. The topological polar surface area (TPSA) is 60.1 Å². The molecule has 4 bridgehead atoms. The molecule has 0 aromatic carbocycles. The van der Waals surface area contributed by atoms with E-state index >= 15 is 0 Å². The Hall–Kier alpha value is -3.26. The van der Waals surface area contributed by atoms with Crippen molar-refractivity contribution in [3.63, 3.8) is 0 Å². The summed E-state index contributed by atoms with van der Waals surface area (Å²) in [6, 6.07) is 2.14. The third-order valence-corrected chi connectivity index (χ3v) is 4.33. The maximum atomic E-state index is 9.27. The van der Waals surface area contributed by atoms with Crippen molar-refractivity contribution in [1.82, 2.24) is 9.55 Å². The molecule has 0 fully saturated rings. The smallest absolute Gasteiger partial charge is 0.145 e. The first-order valence-corrected chi connectivity index (χ1v) is 8.18. The van der Waals surface area contributed by atoms with Crippen LogP contribution in [-0.4, -0.2) is 15.7 Å². The standard InChI is InChI=1S/C20H17N3O2/c21-11-16-4-1-5-17-10-20(19-12-22-14-23(17)19)24-8-7-15-3-2-6-18(9-15)25-13-16/h1-2,4-9,12-14,18,20H,3,10H2/b4-1+,8-7-,16-13+,17-5-. The van der Waals surface area contributed by atoms with Gasteiger partial charge in [-0.2, -0.15) is 5.26 Å². The van der Waals surface area contributed by atoms with Crippen LogP contribution in [0.15, 0.2) is 78.7 Å². The Morgan fingerprint density at radius 2 is 2.24 bits per heavy atom. The molecule has 3 aliphatic rings. The number of nitriles is 1. The van der Waals surface area contributed by atoms with Crippen LogP contribution in [0.2, 0.25) is 0 Å². The number of aromatic nitrogens is 2. The number of hydrogen-bond donors (Lipinski definition) is 0. The molecule has 5 nitrogen and oxygen atoms in total. The quantitative estimate of drug-likeness (QED) is 0.675. The van der Waals surface area contributed by atoms with E-state index in [1.165, 1.54) is 6.26 Å². The summed E-state index contributed by atoms with van der Waals surface area (Å²) in [6.07, 6.45) is 21.8. The number of hydrogen-bond acceptors (Lipinski definition) is 4. The Kier molecular flexibility index (Phi) is 4.09. The summed E-state index contributed by atoms with van der Waals surface area (Å²) in [5.41, 5.74) is 3.70. The van der Waals surface area contributed by atoms with Crippen LogP contribution in [0.4, 0.5) is 0 Å². The van der Waals surface area contributed by atoms with Gasteiger partial charge in [0.2, 0.25) is 0 Å². The summed E-state index contributed by atoms with van der Waals surface area (Å²) in [4.78, 5) is 4.21. The average Bonchev–Trinajstić information content (AvgIpc) is 3.22. The molecule has 0 spiro atoms. The zero-order valence-corrected chi connectivity index (χ0v) is 13.6. The van der Waals surface area contributed by atoms with E-state index in [1.807, 2.05) is 41.1 Å². The van der Waals surface area contributed by atoms with E-state index in [-0.39, 0.29) is 12.2 Å². The molecule has 0 amide bonds. The summed E-state index contributed by atoms with van der Waals surface area (Å²) in [5, 5.41) is 9.27. The van der Waals surface area contributed by atoms with Crippen molar-refractivity contribution in [3.05, 3.63) is 84.4 Å². The van der Waals surface area contributed by atoms with E-state index in [0.717, 1.165) is 29.8 Å². The molecule has 25 heavy (non-hydrogen) atoms. The van der Waals surface area contributed by atoms with E-state index in [9.17, 15) is 5.26 Å². The number of ether oxygens (including phenoxy) is 2. The Morgan fingerprint density at radius 1 is 1.28 bits per heavy atom. The highest BCUT2D eigenvalue weighted by Crippen LogP contribution is 2.36. The van der Waals surface area contributed by atoms with Crippen molar-refractivity contribution >= 4 is 5.70 Å². The minimum absolute atomic E-state index is 0.0544. The summed E-state index contributed by atoms with van der Waals surface area (Å²) in [6.45, 7) is 0. The highest BCUT2D eigenvalue weighted by Gasteiger charge is 2.27.